The summed E-state index contributed by atoms with van der Waals surface area (Å²) in [6.45, 7) is 5.92. The van der Waals surface area contributed by atoms with Crippen LogP contribution in [0.15, 0.2) is 18.2 Å². The molecule has 136 valence electrons. The lowest BCUT2D eigenvalue weighted by molar-refractivity contribution is -0.184. The Kier molecular flexibility index (Phi) is 4.76. The first-order valence-corrected chi connectivity index (χ1v) is 9.19. The molecule has 0 bridgehead atoms. The smallest absolute Gasteiger partial charge is 0.248 e. The molecule has 0 radical (unpaired) electrons. The van der Waals surface area contributed by atoms with Crippen molar-refractivity contribution in [2.24, 2.45) is 5.41 Å². The summed E-state index contributed by atoms with van der Waals surface area (Å²) in [4.78, 5) is 27.7. The van der Waals surface area contributed by atoms with Crippen LogP contribution in [0.25, 0.3) is 0 Å². The van der Waals surface area contributed by atoms with Crippen LogP contribution in [-0.4, -0.2) is 35.9 Å². The van der Waals surface area contributed by atoms with Crippen molar-refractivity contribution >= 4 is 17.5 Å². The molecule has 2 amide bonds. The van der Waals surface area contributed by atoms with Crippen LogP contribution >= 0.6 is 0 Å². The molecule has 1 aromatic rings. The second-order valence-electron chi connectivity index (χ2n) is 7.62. The molecule has 5 heteroatoms. The molecule has 1 heterocycles. The van der Waals surface area contributed by atoms with Crippen LogP contribution in [0.1, 0.15) is 51.5 Å². The van der Waals surface area contributed by atoms with Gasteiger partial charge in [-0.15, -0.1) is 0 Å². The highest BCUT2D eigenvalue weighted by atomic mass is 16.5. The van der Waals surface area contributed by atoms with Crippen LogP contribution in [0, 0.1) is 12.3 Å². The Bertz CT molecular complexity index is 678. The number of carbonyl (C=O) groups is 2. The van der Waals surface area contributed by atoms with Gasteiger partial charge < -0.3 is 15.0 Å². The maximum Gasteiger partial charge on any atom is 0.248 e. The average Bonchev–Trinajstić information content (AvgIpc) is 2.59. The van der Waals surface area contributed by atoms with Crippen molar-refractivity contribution in [3.8, 4) is 5.75 Å². The van der Waals surface area contributed by atoms with Gasteiger partial charge in [0.25, 0.3) is 0 Å². The van der Waals surface area contributed by atoms with Crippen molar-refractivity contribution in [1.29, 1.82) is 0 Å². The van der Waals surface area contributed by atoms with E-state index in [2.05, 4.69) is 5.32 Å². The van der Waals surface area contributed by atoms with E-state index >= 15 is 0 Å². The van der Waals surface area contributed by atoms with Crippen molar-refractivity contribution < 1.29 is 14.3 Å². The van der Waals surface area contributed by atoms with Gasteiger partial charge in [0.1, 0.15) is 11.8 Å². The monoisotopic (exact) mass is 344 g/mol. The van der Waals surface area contributed by atoms with Gasteiger partial charge in [-0.25, -0.2) is 0 Å². The second kappa shape index (κ2) is 6.70. The summed E-state index contributed by atoms with van der Waals surface area (Å²) in [6.07, 6.45) is 4.83. The fourth-order valence-corrected chi connectivity index (χ4v) is 4.39. The normalized spacial score (nSPS) is 22.0. The molecular weight excluding hydrogens is 316 g/mol. The molecule has 1 atom stereocenters. The molecule has 5 nitrogen and oxygen atoms in total. The van der Waals surface area contributed by atoms with E-state index < -0.39 is 5.41 Å². The van der Waals surface area contributed by atoms with Crippen LogP contribution in [0.4, 0.5) is 5.69 Å². The van der Waals surface area contributed by atoms with Crippen LogP contribution < -0.4 is 10.1 Å². The molecule has 3 rings (SSSR count). The SMILES string of the molecule is COc1ccc(C)cc1NC(=O)C1N(C(C)C)C(=O)C12CCCCC2. The Balaban J connectivity index is 1.88. The third-order valence-electron chi connectivity index (χ3n) is 5.63. The van der Waals surface area contributed by atoms with E-state index in [4.69, 9.17) is 4.74 Å². The van der Waals surface area contributed by atoms with E-state index in [0.717, 1.165) is 37.7 Å². The van der Waals surface area contributed by atoms with Crippen molar-refractivity contribution in [3.63, 3.8) is 0 Å². The highest BCUT2D eigenvalue weighted by molar-refractivity contribution is 6.07. The van der Waals surface area contributed by atoms with Gasteiger partial charge in [-0.05, 0) is 51.3 Å². The molecule has 2 fully saturated rings. The summed E-state index contributed by atoms with van der Waals surface area (Å²) in [7, 11) is 1.59. The fourth-order valence-electron chi connectivity index (χ4n) is 4.39. The highest BCUT2D eigenvalue weighted by Gasteiger charge is 2.63. The van der Waals surface area contributed by atoms with Crippen LogP contribution in [-0.2, 0) is 9.59 Å². The lowest BCUT2D eigenvalue weighted by atomic mass is 9.61. The van der Waals surface area contributed by atoms with Gasteiger partial charge in [-0.1, -0.05) is 25.3 Å². The molecule has 1 saturated heterocycles. The van der Waals surface area contributed by atoms with E-state index in [9.17, 15) is 9.59 Å². The number of hydrogen-bond donors (Lipinski definition) is 1. The fraction of sp³-hybridized carbons (Fsp3) is 0.600. The van der Waals surface area contributed by atoms with Crippen LogP contribution in [0.5, 0.6) is 5.75 Å². The Morgan fingerprint density at radius 2 is 1.96 bits per heavy atom. The minimum absolute atomic E-state index is 0.0233. The van der Waals surface area contributed by atoms with Gasteiger partial charge in [0.2, 0.25) is 11.8 Å². The molecule has 1 spiro atoms. The number of nitrogens with zero attached hydrogens (tertiary/aromatic N) is 1. The number of anilines is 1. The summed E-state index contributed by atoms with van der Waals surface area (Å²) < 4.78 is 5.37. The van der Waals surface area contributed by atoms with Gasteiger partial charge in [0.05, 0.1) is 18.2 Å². The number of carbonyl (C=O) groups excluding carboxylic acids is 2. The zero-order chi connectivity index (χ0) is 18.2. The third kappa shape index (κ3) is 2.90. The molecule has 25 heavy (non-hydrogen) atoms. The molecular formula is C20H28N2O3. The number of hydrogen-bond acceptors (Lipinski definition) is 3. The summed E-state index contributed by atoms with van der Waals surface area (Å²) in [5.41, 5.74) is 1.22. The van der Waals surface area contributed by atoms with Crippen LogP contribution in [0.3, 0.4) is 0 Å². The first kappa shape index (κ1) is 17.8. The zero-order valence-corrected chi connectivity index (χ0v) is 15.6. The summed E-state index contributed by atoms with van der Waals surface area (Å²) in [5, 5.41) is 3.02. The highest BCUT2D eigenvalue weighted by Crippen LogP contribution is 2.51. The lowest BCUT2D eigenvalue weighted by Crippen LogP contribution is -2.74. The van der Waals surface area contributed by atoms with Crippen LogP contribution in [0.2, 0.25) is 0 Å². The van der Waals surface area contributed by atoms with E-state index in [1.807, 2.05) is 39.0 Å². The lowest BCUT2D eigenvalue weighted by Gasteiger charge is -2.58. The van der Waals surface area contributed by atoms with Crippen molar-refractivity contribution in [2.75, 3.05) is 12.4 Å². The average molecular weight is 344 g/mol. The van der Waals surface area contributed by atoms with Gasteiger partial charge in [-0.3, -0.25) is 9.59 Å². The molecule has 0 aromatic heterocycles. The summed E-state index contributed by atoms with van der Waals surface area (Å²) in [6, 6.07) is 5.35. The maximum atomic E-state index is 13.1. The molecule has 1 aliphatic carbocycles. The Morgan fingerprint density at radius 1 is 1.28 bits per heavy atom. The number of β-lactam (4-membered cyclic amide) rings is 1. The standard InChI is InChI=1S/C20H28N2O3/c1-13(2)22-17(20(19(22)24)10-6-5-7-11-20)18(23)21-15-12-14(3)8-9-16(15)25-4/h8-9,12-13,17H,5-7,10-11H2,1-4H3,(H,21,23). The summed E-state index contributed by atoms with van der Waals surface area (Å²) in [5.74, 6) is 0.691. The number of aryl methyl sites for hydroxylation is 1. The van der Waals surface area contributed by atoms with Crippen molar-refractivity contribution in [3.05, 3.63) is 23.8 Å². The predicted molar refractivity (Wildman–Crippen MR) is 97.6 cm³/mol. The first-order valence-electron chi connectivity index (χ1n) is 9.19. The third-order valence-corrected chi connectivity index (χ3v) is 5.63. The van der Waals surface area contributed by atoms with Crippen molar-refractivity contribution in [2.45, 2.75) is 65.0 Å². The van der Waals surface area contributed by atoms with Gasteiger partial charge in [0.15, 0.2) is 0 Å². The number of amides is 2. The topological polar surface area (TPSA) is 58.6 Å². The number of benzene rings is 1. The predicted octanol–water partition coefficient (Wildman–Crippen LogP) is 3.51. The first-order chi connectivity index (χ1) is 11.9. The number of rotatable bonds is 4. The molecule has 1 aromatic carbocycles. The van der Waals surface area contributed by atoms with E-state index in [1.165, 1.54) is 0 Å². The molecule has 2 aliphatic rings. The minimum atomic E-state index is -0.496. The second-order valence-corrected chi connectivity index (χ2v) is 7.62. The summed E-state index contributed by atoms with van der Waals surface area (Å²) >= 11 is 0. The van der Waals surface area contributed by atoms with Gasteiger partial charge >= 0.3 is 0 Å². The molecule has 1 aliphatic heterocycles. The molecule has 1 saturated carbocycles. The quantitative estimate of drug-likeness (QED) is 0.850. The Hall–Kier alpha value is -2.04. The number of ether oxygens (including phenoxy) is 1. The van der Waals surface area contributed by atoms with Gasteiger partial charge in [-0.2, -0.15) is 0 Å². The zero-order valence-electron chi connectivity index (χ0n) is 15.6. The van der Waals surface area contributed by atoms with E-state index in [0.29, 0.717) is 11.4 Å². The van der Waals surface area contributed by atoms with Gasteiger partial charge in [0, 0.05) is 6.04 Å². The van der Waals surface area contributed by atoms with E-state index in [-0.39, 0.29) is 23.9 Å². The Morgan fingerprint density at radius 3 is 2.56 bits per heavy atom. The maximum absolute atomic E-state index is 13.1. The number of likely N-dealkylation sites (tertiary alicyclic amines) is 1. The Labute approximate surface area is 149 Å². The molecule has 1 unspecified atom stereocenters. The largest absolute Gasteiger partial charge is 0.495 e. The molecule has 1 N–H and O–H groups in total. The number of methoxy groups -OCH3 is 1. The minimum Gasteiger partial charge on any atom is -0.495 e. The van der Waals surface area contributed by atoms with E-state index in [1.54, 1.807) is 12.0 Å². The number of nitrogens with one attached hydrogen (secondary N) is 1. The van der Waals surface area contributed by atoms with Crippen molar-refractivity contribution in [1.82, 2.24) is 4.90 Å².